The van der Waals surface area contributed by atoms with E-state index in [9.17, 15) is 9.59 Å². The van der Waals surface area contributed by atoms with Crippen molar-refractivity contribution in [2.45, 2.75) is 19.3 Å². The molecule has 5 heteroatoms. The van der Waals surface area contributed by atoms with Gasteiger partial charge in [-0.15, -0.1) is 0 Å². The molecule has 0 aliphatic carbocycles. The molecule has 0 aromatic heterocycles. The molecular formula is C14H18N2O3. The van der Waals surface area contributed by atoms with E-state index in [4.69, 9.17) is 0 Å². The number of anilines is 1. The number of rotatable bonds is 3. The van der Waals surface area contributed by atoms with Gasteiger partial charge in [0.05, 0.1) is 7.11 Å². The van der Waals surface area contributed by atoms with Crippen molar-refractivity contribution < 1.29 is 14.3 Å². The quantitative estimate of drug-likeness (QED) is 0.902. The summed E-state index contributed by atoms with van der Waals surface area (Å²) in [5, 5.41) is 2.52. The molecule has 1 heterocycles. The molecule has 1 aliphatic rings. The lowest BCUT2D eigenvalue weighted by Gasteiger charge is -2.29. The summed E-state index contributed by atoms with van der Waals surface area (Å²) in [5.74, 6) is 0.0311. The van der Waals surface area contributed by atoms with Crippen LogP contribution in [-0.4, -0.2) is 32.2 Å². The first-order chi connectivity index (χ1) is 9.22. The van der Waals surface area contributed by atoms with E-state index in [0.29, 0.717) is 6.54 Å². The lowest BCUT2D eigenvalue weighted by Crippen LogP contribution is -2.37. The van der Waals surface area contributed by atoms with E-state index in [2.05, 4.69) is 16.1 Å². The molecule has 0 fully saturated rings. The Kier molecular flexibility index (Phi) is 4.39. The van der Waals surface area contributed by atoms with Gasteiger partial charge in [0.2, 0.25) is 5.91 Å². The number of hydrogen-bond acceptors (Lipinski definition) is 3. The number of carbonyl (C=O) groups excluding carboxylic acids is 2. The molecule has 19 heavy (non-hydrogen) atoms. The standard InChI is InChI=1S/C14H18N2O3/c1-19-14(18)15-9-8-13(17)16-10-4-6-11-5-2-3-7-12(11)16/h2-3,5,7H,4,6,8-10H2,1H3,(H,15,18). The number of ether oxygens (including phenoxy) is 1. The molecule has 1 aromatic rings. The highest BCUT2D eigenvalue weighted by molar-refractivity contribution is 5.94. The number of hydrogen-bond donors (Lipinski definition) is 1. The van der Waals surface area contributed by atoms with Crippen LogP contribution in [0.25, 0.3) is 0 Å². The Morgan fingerprint density at radius 3 is 2.95 bits per heavy atom. The predicted molar refractivity (Wildman–Crippen MR) is 72.1 cm³/mol. The number of amides is 2. The first kappa shape index (κ1) is 13.4. The SMILES string of the molecule is COC(=O)NCCC(=O)N1CCCc2ccccc21. The number of aryl methyl sites for hydroxylation is 1. The summed E-state index contributed by atoms with van der Waals surface area (Å²) in [6, 6.07) is 7.96. The molecule has 0 unspecified atom stereocenters. The normalized spacial score (nSPS) is 13.6. The van der Waals surface area contributed by atoms with Crippen molar-refractivity contribution >= 4 is 17.7 Å². The Labute approximate surface area is 112 Å². The zero-order chi connectivity index (χ0) is 13.7. The second-order valence-corrected chi connectivity index (χ2v) is 4.45. The fraction of sp³-hybridized carbons (Fsp3) is 0.429. The minimum atomic E-state index is -0.508. The topological polar surface area (TPSA) is 58.6 Å². The predicted octanol–water partition coefficient (Wildman–Crippen LogP) is 1.71. The number of carbonyl (C=O) groups is 2. The van der Waals surface area contributed by atoms with Crippen LogP contribution < -0.4 is 10.2 Å². The van der Waals surface area contributed by atoms with Crippen LogP contribution in [0.2, 0.25) is 0 Å². The van der Waals surface area contributed by atoms with E-state index in [1.807, 2.05) is 18.2 Å². The number of nitrogens with one attached hydrogen (secondary N) is 1. The Bertz CT molecular complexity index is 474. The number of fused-ring (bicyclic) bond motifs is 1. The zero-order valence-corrected chi connectivity index (χ0v) is 11.0. The highest BCUT2D eigenvalue weighted by Gasteiger charge is 2.21. The summed E-state index contributed by atoms with van der Waals surface area (Å²) < 4.78 is 4.46. The van der Waals surface area contributed by atoms with Crippen molar-refractivity contribution in [3.05, 3.63) is 29.8 Å². The number of methoxy groups -OCH3 is 1. The van der Waals surface area contributed by atoms with E-state index in [0.717, 1.165) is 25.1 Å². The monoisotopic (exact) mass is 262 g/mol. The Hall–Kier alpha value is -2.04. The average Bonchev–Trinajstić information content (AvgIpc) is 2.46. The Morgan fingerprint density at radius 1 is 1.37 bits per heavy atom. The van der Waals surface area contributed by atoms with Crippen LogP contribution >= 0.6 is 0 Å². The van der Waals surface area contributed by atoms with E-state index in [1.165, 1.54) is 12.7 Å². The van der Waals surface area contributed by atoms with Gasteiger partial charge in [0.25, 0.3) is 0 Å². The van der Waals surface area contributed by atoms with E-state index < -0.39 is 6.09 Å². The molecule has 1 aliphatic heterocycles. The van der Waals surface area contributed by atoms with E-state index >= 15 is 0 Å². The molecule has 0 radical (unpaired) electrons. The molecule has 2 amide bonds. The summed E-state index contributed by atoms with van der Waals surface area (Å²) in [5.41, 5.74) is 2.21. The molecule has 1 aromatic carbocycles. The molecule has 0 spiro atoms. The van der Waals surface area contributed by atoms with Crippen LogP contribution in [0.1, 0.15) is 18.4 Å². The van der Waals surface area contributed by atoms with Gasteiger partial charge in [0, 0.05) is 25.2 Å². The van der Waals surface area contributed by atoms with Crippen molar-refractivity contribution in [1.82, 2.24) is 5.32 Å². The van der Waals surface area contributed by atoms with Crippen LogP contribution in [0.15, 0.2) is 24.3 Å². The van der Waals surface area contributed by atoms with Crippen LogP contribution in [-0.2, 0) is 16.0 Å². The first-order valence-corrected chi connectivity index (χ1v) is 6.42. The molecular weight excluding hydrogens is 244 g/mol. The van der Waals surface area contributed by atoms with Gasteiger partial charge in [-0.1, -0.05) is 18.2 Å². The number of benzene rings is 1. The molecule has 2 rings (SSSR count). The molecule has 0 atom stereocenters. The third-order valence-electron chi connectivity index (χ3n) is 3.20. The van der Waals surface area contributed by atoms with Gasteiger partial charge in [0.15, 0.2) is 0 Å². The summed E-state index contributed by atoms with van der Waals surface area (Å²) in [4.78, 5) is 24.9. The average molecular weight is 262 g/mol. The lowest BCUT2D eigenvalue weighted by atomic mass is 10.0. The largest absolute Gasteiger partial charge is 0.453 e. The first-order valence-electron chi connectivity index (χ1n) is 6.42. The van der Waals surface area contributed by atoms with E-state index in [-0.39, 0.29) is 12.3 Å². The molecule has 0 saturated carbocycles. The maximum atomic E-state index is 12.2. The molecule has 1 N–H and O–H groups in total. The second kappa shape index (κ2) is 6.22. The summed E-state index contributed by atoms with van der Waals surface area (Å²) >= 11 is 0. The van der Waals surface area contributed by atoms with Gasteiger partial charge in [-0.05, 0) is 24.5 Å². The maximum absolute atomic E-state index is 12.2. The Balaban J connectivity index is 1.95. The minimum absolute atomic E-state index is 0.0311. The van der Waals surface area contributed by atoms with E-state index in [1.54, 1.807) is 4.90 Å². The van der Waals surface area contributed by atoms with Gasteiger partial charge in [0.1, 0.15) is 0 Å². The van der Waals surface area contributed by atoms with Gasteiger partial charge < -0.3 is 15.0 Å². The zero-order valence-electron chi connectivity index (χ0n) is 11.0. The summed E-state index contributed by atoms with van der Waals surface area (Å²) in [7, 11) is 1.30. The highest BCUT2D eigenvalue weighted by atomic mass is 16.5. The van der Waals surface area contributed by atoms with Gasteiger partial charge in [-0.25, -0.2) is 4.79 Å². The maximum Gasteiger partial charge on any atom is 0.406 e. The number of nitrogens with zero attached hydrogens (tertiary/aromatic N) is 1. The van der Waals surface area contributed by atoms with Gasteiger partial charge >= 0.3 is 6.09 Å². The lowest BCUT2D eigenvalue weighted by molar-refractivity contribution is -0.118. The number of alkyl carbamates (subject to hydrolysis) is 1. The van der Waals surface area contributed by atoms with Crippen LogP contribution in [0.5, 0.6) is 0 Å². The molecule has 102 valence electrons. The molecule has 0 saturated heterocycles. The smallest absolute Gasteiger partial charge is 0.406 e. The van der Waals surface area contributed by atoms with Crippen LogP contribution in [0.4, 0.5) is 10.5 Å². The summed E-state index contributed by atoms with van der Waals surface area (Å²) in [6.45, 7) is 1.04. The van der Waals surface area contributed by atoms with Crippen molar-refractivity contribution in [2.75, 3.05) is 25.1 Å². The molecule has 0 bridgehead atoms. The van der Waals surface area contributed by atoms with Crippen molar-refractivity contribution in [2.24, 2.45) is 0 Å². The summed E-state index contributed by atoms with van der Waals surface area (Å²) in [6.07, 6.45) is 1.77. The molecule has 5 nitrogen and oxygen atoms in total. The third-order valence-corrected chi connectivity index (χ3v) is 3.20. The van der Waals surface area contributed by atoms with Gasteiger partial charge in [-0.3, -0.25) is 4.79 Å². The van der Waals surface area contributed by atoms with Crippen molar-refractivity contribution in [3.8, 4) is 0 Å². The van der Waals surface area contributed by atoms with Crippen molar-refractivity contribution in [1.29, 1.82) is 0 Å². The van der Waals surface area contributed by atoms with Crippen LogP contribution in [0.3, 0.4) is 0 Å². The highest BCUT2D eigenvalue weighted by Crippen LogP contribution is 2.26. The van der Waals surface area contributed by atoms with Crippen LogP contribution in [0, 0.1) is 0 Å². The fourth-order valence-electron chi connectivity index (χ4n) is 2.27. The fourth-order valence-corrected chi connectivity index (χ4v) is 2.27. The Morgan fingerprint density at radius 2 is 2.16 bits per heavy atom. The third kappa shape index (κ3) is 3.24. The van der Waals surface area contributed by atoms with Crippen molar-refractivity contribution in [3.63, 3.8) is 0 Å². The minimum Gasteiger partial charge on any atom is -0.453 e. The number of para-hydroxylation sites is 1. The second-order valence-electron chi connectivity index (χ2n) is 4.45. The van der Waals surface area contributed by atoms with Gasteiger partial charge in [-0.2, -0.15) is 0 Å².